The molecular formula is C10H11BrO5S. The zero-order valence-electron chi connectivity index (χ0n) is 8.71. The summed E-state index contributed by atoms with van der Waals surface area (Å²) in [5.41, 5.74) is 0. The van der Waals surface area contributed by atoms with Gasteiger partial charge in [-0.15, -0.1) is 0 Å². The van der Waals surface area contributed by atoms with Crippen molar-refractivity contribution in [2.45, 2.75) is 17.4 Å². The molecule has 0 amide bonds. The van der Waals surface area contributed by atoms with Gasteiger partial charge in [-0.3, -0.25) is 4.79 Å². The highest BCUT2D eigenvalue weighted by atomic mass is 79.9. The number of aliphatic hydroxyl groups excluding tert-OH is 1. The van der Waals surface area contributed by atoms with Crippen molar-refractivity contribution in [2.24, 2.45) is 0 Å². The van der Waals surface area contributed by atoms with Gasteiger partial charge >= 0.3 is 5.97 Å². The van der Waals surface area contributed by atoms with Gasteiger partial charge in [0.05, 0.1) is 23.2 Å². The second-order valence-electron chi connectivity index (χ2n) is 3.49. The molecule has 0 radical (unpaired) electrons. The fraction of sp³-hybridized carbons (Fsp3) is 0.300. The minimum absolute atomic E-state index is 0.0603. The van der Waals surface area contributed by atoms with E-state index in [4.69, 9.17) is 5.11 Å². The summed E-state index contributed by atoms with van der Waals surface area (Å²) in [7, 11) is -3.66. The lowest BCUT2D eigenvalue weighted by Crippen LogP contribution is -2.23. The van der Waals surface area contributed by atoms with E-state index in [-0.39, 0.29) is 4.90 Å². The van der Waals surface area contributed by atoms with Gasteiger partial charge in [-0.1, -0.05) is 15.9 Å². The molecule has 5 nitrogen and oxygen atoms in total. The molecule has 0 saturated heterocycles. The second-order valence-corrected chi connectivity index (χ2v) is 6.44. The third kappa shape index (κ3) is 4.45. The first-order valence-corrected chi connectivity index (χ1v) is 7.14. The van der Waals surface area contributed by atoms with E-state index in [1.54, 1.807) is 12.1 Å². The summed E-state index contributed by atoms with van der Waals surface area (Å²) in [5, 5.41) is 17.7. The summed E-state index contributed by atoms with van der Waals surface area (Å²) in [5.74, 6) is -1.83. The Bertz CT molecular complexity index is 494. The lowest BCUT2D eigenvalue weighted by atomic mass is 10.3. The van der Waals surface area contributed by atoms with Gasteiger partial charge in [-0.25, -0.2) is 8.42 Å². The van der Waals surface area contributed by atoms with Crippen molar-refractivity contribution in [1.29, 1.82) is 0 Å². The lowest BCUT2D eigenvalue weighted by Gasteiger charge is -2.09. The molecule has 1 unspecified atom stereocenters. The van der Waals surface area contributed by atoms with E-state index in [1.807, 2.05) is 0 Å². The molecule has 0 heterocycles. The van der Waals surface area contributed by atoms with Crippen LogP contribution in [0.2, 0.25) is 0 Å². The zero-order valence-corrected chi connectivity index (χ0v) is 11.1. The summed E-state index contributed by atoms with van der Waals surface area (Å²) < 4.78 is 24.3. The number of rotatable bonds is 5. The fourth-order valence-corrected chi connectivity index (χ4v) is 2.88. The van der Waals surface area contributed by atoms with Crippen molar-refractivity contribution < 1.29 is 23.4 Å². The Morgan fingerprint density at radius 2 is 1.82 bits per heavy atom. The highest BCUT2D eigenvalue weighted by Gasteiger charge is 2.21. The van der Waals surface area contributed by atoms with Gasteiger partial charge in [-0.2, -0.15) is 0 Å². The largest absolute Gasteiger partial charge is 0.481 e. The van der Waals surface area contributed by atoms with Crippen LogP contribution in [0.25, 0.3) is 0 Å². The molecule has 0 aliphatic heterocycles. The Morgan fingerprint density at radius 1 is 1.29 bits per heavy atom. The fourth-order valence-electron chi connectivity index (χ4n) is 1.25. The summed E-state index contributed by atoms with van der Waals surface area (Å²) in [6, 6.07) is 5.92. The van der Waals surface area contributed by atoms with E-state index in [1.165, 1.54) is 12.1 Å². The molecule has 1 atom stereocenters. The van der Waals surface area contributed by atoms with Crippen LogP contribution in [0.4, 0.5) is 0 Å². The Balaban J connectivity index is 2.82. The van der Waals surface area contributed by atoms with Crippen LogP contribution in [0.15, 0.2) is 33.6 Å². The Labute approximate surface area is 107 Å². The van der Waals surface area contributed by atoms with Gasteiger partial charge in [0.15, 0.2) is 9.84 Å². The average Bonchev–Trinajstić information content (AvgIpc) is 2.15. The molecule has 2 N–H and O–H groups in total. The average molecular weight is 323 g/mol. The van der Waals surface area contributed by atoms with Crippen molar-refractivity contribution in [3.63, 3.8) is 0 Å². The first-order chi connectivity index (χ1) is 7.81. The minimum Gasteiger partial charge on any atom is -0.481 e. The topological polar surface area (TPSA) is 91.7 Å². The van der Waals surface area contributed by atoms with E-state index >= 15 is 0 Å². The first-order valence-electron chi connectivity index (χ1n) is 4.69. The molecule has 0 spiro atoms. The van der Waals surface area contributed by atoms with E-state index in [2.05, 4.69) is 15.9 Å². The summed E-state index contributed by atoms with van der Waals surface area (Å²) in [6.45, 7) is 0. The van der Waals surface area contributed by atoms with Crippen LogP contribution in [0.1, 0.15) is 6.42 Å². The first kappa shape index (κ1) is 14.1. The third-order valence-corrected chi connectivity index (χ3v) is 4.34. The molecule has 94 valence electrons. The van der Waals surface area contributed by atoms with Crippen LogP contribution in [0, 0.1) is 0 Å². The van der Waals surface area contributed by atoms with Gasteiger partial charge in [-0.05, 0) is 24.3 Å². The predicted molar refractivity (Wildman–Crippen MR) is 64.5 cm³/mol. The number of hydrogen-bond donors (Lipinski definition) is 2. The maximum absolute atomic E-state index is 11.8. The molecule has 0 saturated carbocycles. The van der Waals surface area contributed by atoms with E-state index in [0.29, 0.717) is 0 Å². The minimum atomic E-state index is -3.66. The lowest BCUT2D eigenvalue weighted by molar-refractivity contribution is -0.138. The smallest absolute Gasteiger partial charge is 0.306 e. The number of sulfone groups is 1. The molecule has 17 heavy (non-hydrogen) atoms. The van der Waals surface area contributed by atoms with Crippen molar-refractivity contribution in [3.05, 3.63) is 28.7 Å². The number of aliphatic hydroxyl groups is 1. The molecule has 1 aromatic rings. The molecule has 0 aromatic heterocycles. The van der Waals surface area contributed by atoms with Gasteiger partial charge in [0.2, 0.25) is 0 Å². The number of carboxylic acids is 1. The maximum atomic E-state index is 11.8. The SMILES string of the molecule is O=C(O)CC(O)CS(=O)(=O)c1ccc(Br)cc1. The molecule has 0 fully saturated rings. The van der Waals surface area contributed by atoms with Crippen molar-refractivity contribution in [3.8, 4) is 0 Å². The van der Waals surface area contributed by atoms with Crippen LogP contribution in [-0.2, 0) is 14.6 Å². The third-order valence-electron chi connectivity index (χ3n) is 1.99. The zero-order chi connectivity index (χ0) is 13.1. The van der Waals surface area contributed by atoms with E-state index < -0.39 is 34.1 Å². The van der Waals surface area contributed by atoms with Gasteiger partial charge in [0, 0.05) is 4.47 Å². The summed E-state index contributed by atoms with van der Waals surface area (Å²) in [4.78, 5) is 10.4. The second kappa shape index (κ2) is 5.61. The van der Waals surface area contributed by atoms with Crippen LogP contribution < -0.4 is 0 Å². The van der Waals surface area contributed by atoms with Gasteiger partial charge in [0.1, 0.15) is 0 Å². The molecule has 7 heteroatoms. The molecule has 1 rings (SSSR count). The molecule has 0 bridgehead atoms. The molecule has 1 aromatic carbocycles. The highest BCUT2D eigenvalue weighted by molar-refractivity contribution is 9.10. The number of halogens is 1. The van der Waals surface area contributed by atoms with Crippen LogP contribution in [0.3, 0.4) is 0 Å². The van der Waals surface area contributed by atoms with E-state index in [9.17, 15) is 18.3 Å². The molecule has 0 aliphatic rings. The van der Waals surface area contributed by atoms with Crippen molar-refractivity contribution >= 4 is 31.7 Å². The Morgan fingerprint density at radius 3 is 2.29 bits per heavy atom. The summed E-state index contributed by atoms with van der Waals surface area (Å²) >= 11 is 3.17. The Kier molecular flexibility index (Phi) is 4.67. The normalized spacial score (nSPS) is 13.3. The standard InChI is InChI=1S/C10H11BrO5S/c11-7-1-3-9(4-2-7)17(15,16)6-8(12)5-10(13)14/h1-4,8,12H,5-6H2,(H,13,14). The molecular weight excluding hydrogens is 312 g/mol. The number of aliphatic carboxylic acids is 1. The van der Waals surface area contributed by atoms with Crippen molar-refractivity contribution in [1.82, 2.24) is 0 Å². The van der Waals surface area contributed by atoms with Gasteiger partial charge in [0.25, 0.3) is 0 Å². The maximum Gasteiger partial charge on any atom is 0.306 e. The van der Waals surface area contributed by atoms with Crippen LogP contribution in [0.5, 0.6) is 0 Å². The van der Waals surface area contributed by atoms with Crippen LogP contribution >= 0.6 is 15.9 Å². The van der Waals surface area contributed by atoms with Crippen LogP contribution in [-0.4, -0.2) is 36.5 Å². The quantitative estimate of drug-likeness (QED) is 0.845. The monoisotopic (exact) mass is 322 g/mol. The van der Waals surface area contributed by atoms with E-state index in [0.717, 1.165) is 4.47 Å². The number of hydrogen-bond acceptors (Lipinski definition) is 4. The van der Waals surface area contributed by atoms with Gasteiger partial charge < -0.3 is 10.2 Å². The highest BCUT2D eigenvalue weighted by Crippen LogP contribution is 2.17. The number of carbonyl (C=O) groups is 1. The predicted octanol–water partition coefficient (Wildman–Crippen LogP) is 1.06. The van der Waals surface area contributed by atoms with Crippen molar-refractivity contribution in [2.75, 3.05) is 5.75 Å². The number of carboxylic acid groups (broad SMARTS) is 1. The Hall–Kier alpha value is -0.920. The molecule has 0 aliphatic carbocycles. The summed E-state index contributed by atoms with van der Waals surface area (Å²) in [6.07, 6.45) is -1.99. The number of benzene rings is 1.